The van der Waals surface area contributed by atoms with Crippen LogP contribution >= 0.6 is 15.9 Å². The number of benzene rings is 1. The van der Waals surface area contributed by atoms with Crippen molar-refractivity contribution in [3.8, 4) is 5.88 Å². The molecule has 1 aliphatic heterocycles. The van der Waals surface area contributed by atoms with Crippen LogP contribution in [0.15, 0.2) is 45.8 Å². The van der Waals surface area contributed by atoms with Crippen LogP contribution in [0.2, 0.25) is 0 Å². The standard InChI is InChI=1S/C16H18BrN3O3S/c1-12-2-7-16(19-18-12)23-14-8-10-20(11-9-14)24(21,22)15-5-3-13(17)4-6-15/h2-7,14H,8-11H2,1H3. The van der Waals surface area contributed by atoms with Gasteiger partial charge in [0, 0.05) is 23.6 Å². The fraction of sp³-hybridized carbons (Fsp3) is 0.375. The van der Waals surface area contributed by atoms with Gasteiger partial charge in [0.1, 0.15) is 6.10 Å². The normalized spacial score (nSPS) is 16.9. The Balaban J connectivity index is 1.62. The van der Waals surface area contributed by atoms with E-state index in [-0.39, 0.29) is 6.10 Å². The summed E-state index contributed by atoms with van der Waals surface area (Å²) in [5, 5.41) is 7.95. The molecule has 0 saturated carbocycles. The summed E-state index contributed by atoms with van der Waals surface area (Å²) < 4.78 is 33.5. The van der Waals surface area contributed by atoms with Crippen molar-refractivity contribution < 1.29 is 13.2 Å². The maximum Gasteiger partial charge on any atom is 0.243 e. The Morgan fingerprint density at radius 3 is 2.33 bits per heavy atom. The Kier molecular flexibility index (Phi) is 5.17. The zero-order valence-corrected chi connectivity index (χ0v) is 15.6. The second kappa shape index (κ2) is 7.16. The molecule has 0 N–H and O–H groups in total. The summed E-state index contributed by atoms with van der Waals surface area (Å²) in [4.78, 5) is 0.314. The van der Waals surface area contributed by atoms with Crippen LogP contribution in [0.1, 0.15) is 18.5 Å². The molecule has 0 unspecified atom stereocenters. The van der Waals surface area contributed by atoms with Crippen LogP contribution in [-0.4, -0.2) is 42.1 Å². The third-order valence-corrected chi connectivity index (χ3v) is 6.35. The second-order valence-electron chi connectivity index (χ2n) is 5.69. The topological polar surface area (TPSA) is 72.4 Å². The number of halogens is 1. The van der Waals surface area contributed by atoms with Gasteiger partial charge in [0.25, 0.3) is 0 Å². The molecule has 0 spiro atoms. The lowest BCUT2D eigenvalue weighted by Gasteiger charge is -2.31. The second-order valence-corrected chi connectivity index (χ2v) is 8.54. The highest BCUT2D eigenvalue weighted by Gasteiger charge is 2.30. The molecule has 0 amide bonds. The summed E-state index contributed by atoms with van der Waals surface area (Å²) in [6.45, 7) is 2.73. The summed E-state index contributed by atoms with van der Waals surface area (Å²) in [6, 6.07) is 10.3. The molecule has 1 saturated heterocycles. The molecular weight excluding hydrogens is 394 g/mol. The van der Waals surface area contributed by atoms with Gasteiger partial charge in [-0.2, -0.15) is 9.40 Å². The third kappa shape index (κ3) is 3.93. The van der Waals surface area contributed by atoms with Crippen molar-refractivity contribution in [2.75, 3.05) is 13.1 Å². The molecule has 1 aliphatic rings. The van der Waals surface area contributed by atoms with Crippen molar-refractivity contribution in [3.63, 3.8) is 0 Å². The Morgan fingerprint density at radius 2 is 1.75 bits per heavy atom. The van der Waals surface area contributed by atoms with Crippen molar-refractivity contribution in [3.05, 3.63) is 46.6 Å². The van der Waals surface area contributed by atoms with Gasteiger partial charge in [-0.15, -0.1) is 5.10 Å². The molecule has 2 aromatic rings. The maximum absolute atomic E-state index is 12.6. The number of ether oxygens (including phenoxy) is 1. The van der Waals surface area contributed by atoms with Crippen LogP contribution in [-0.2, 0) is 10.0 Å². The Labute approximate surface area is 150 Å². The Morgan fingerprint density at radius 1 is 1.08 bits per heavy atom. The fourth-order valence-corrected chi connectivity index (χ4v) is 4.30. The molecule has 8 heteroatoms. The van der Waals surface area contributed by atoms with E-state index in [0.29, 0.717) is 36.7 Å². The molecular formula is C16H18BrN3O3S. The molecule has 2 heterocycles. The van der Waals surface area contributed by atoms with E-state index in [2.05, 4.69) is 26.1 Å². The minimum Gasteiger partial charge on any atom is -0.473 e. The van der Waals surface area contributed by atoms with Gasteiger partial charge in [-0.25, -0.2) is 8.42 Å². The number of hydrogen-bond donors (Lipinski definition) is 0. The molecule has 1 aromatic heterocycles. The molecule has 3 rings (SSSR count). The average molecular weight is 412 g/mol. The molecule has 0 atom stereocenters. The quantitative estimate of drug-likeness (QED) is 0.772. The summed E-state index contributed by atoms with van der Waals surface area (Å²) in [5.41, 5.74) is 0.831. The van der Waals surface area contributed by atoms with Crippen molar-refractivity contribution in [1.29, 1.82) is 0 Å². The van der Waals surface area contributed by atoms with Gasteiger partial charge in [0.2, 0.25) is 15.9 Å². The van der Waals surface area contributed by atoms with E-state index in [4.69, 9.17) is 4.74 Å². The van der Waals surface area contributed by atoms with Crippen molar-refractivity contribution in [1.82, 2.24) is 14.5 Å². The minimum atomic E-state index is -3.45. The van der Waals surface area contributed by atoms with Crippen LogP contribution in [0.4, 0.5) is 0 Å². The third-order valence-electron chi connectivity index (χ3n) is 3.91. The molecule has 128 valence electrons. The van der Waals surface area contributed by atoms with Gasteiger partial charge < -0.3 is 4.74 Å². The molecule has 1 fully saturated rings. The number of hydrogen-bond acceptors (Lipinski definition) is 5. The summed E-state index contributed by atoms with van der Waals surface area (Å²) in [6.07, 6.45) is 1.22. The van der Waals surface area contributed by atoms with Crippen LogP contribution in [0, 0.1) is 6.92 Å². The number of rotatable bonds is 4. The summed E-state index contributed by atoms with van der Waals surface area (Å²) in [7, 11) is -3.45. The number of aromatic nitrogens is 2. The first kappa shape index (κ1) is 17.3. The zero-order chi connectivity index (χ0) is 17.2. The smallest absolute Gasteiger partial charge is 0.243 e. The Bertz CT molecular complexity index is 786. The molecule has 0 bridgehead atoms. The first-order chi connectivity index (χ1) is 11.4. The highest BCUT2D eigenvalue weighted by Crippen LogP contribution is 2.24. The van der Waals surface area contributed by atoms with Gasteiger partial charge in [0.15, 0.2) is 0 Å². The number of nitrogens with zero attached hydrogens (tertiary/aromatic N) is 3. The SMILES string of the molecule is Cc1ccc(OC2CCN(S(=O)(=O)c3ccc(Br)cc3)CC2)nn1. The van der Waals surface area contributed by atoms with E-state index in [1.165, 1.54) is 4.31 Å². The average Bonchev–Trinajstić information content (AvgIpc) is 2.58. The predicted octanol–water partition coefficient (Wildman–Crippen LogP) is 2.78. The van der Waals surface area contributed by atoms with E-state index in [1.807, 2.05) is 13.0 Å². The van der Waals surface area contributed by atoms with Crippen LogP contribution < -0.4 is 4.74 Å². The number of aryl methyl sites for hydroxylation is 1. The van der Waals surface area contributed by atoms with E-state index in [0.717, 1.165) is 10.2 Å². The monoisotopic (exact) mass is 411 g/mol. The Hall–Kier alpha value is -1.51. The lowest BCUT2D eigenvalue weighted by Crippen LogP contribution is -2.41. The summed E-state index contributed by atoms with van der Waals surface area (Å²) >= 11 is 3.32. The lowest BCUT2D eigenvalue weighted by atomic mass is 10.1. The molecule has 0 radical (unpaired) electrons. The first-order valence-corrected chi connectivity index (χ1v) is 9.91. The maximum atomic E-state index is 12.6. The minimum absolute atomic E-state index is 0.0432. The number of piperidine rings is 1. The van der Waals surface area contributed by atoms with Gasteiger partial charge in [-0.05, 0) is 50.1 Å². The van der Waals surface area contributed by atoms with Gasteiger partial charge in [0.05, 0.1) is 10.6 Å². The molecule has 1 aromatic carbocycles. The number of sulfonamides is 1. The van der Waals surface area contributed by atoms with E-state index in [1.54, 1.807) is 30.3 Å². The van der Waals surface area contributed by atoms with E-state index < -0.39 is 10.0 Å². The highest BCUT2D eigenvalue weighted by molar-refractivity contribution is 9.10. The van der Waals surface area contributed by atoms with Crippen LogP contribution in [0.5, 0.6) is 5.88 Å². The molecule has 6 nitrogen and oxygen atoms in total. The molecule has 24 heavy (non-hydrogen) atoms. The van der Waals surface area contributed by atoms with Crippen LogP contribution in [0.3, 0.4) is 0 Å². The fourth-order valence-electron chi connectivity index (χ4n) is 2.57. The zero-order valence-electron chi connectivity index (χ0n) is 13.2. The highest BCUT2D eigenvalue weighted by atomic mass is 79.9. The van der Waals surface area contributed by atoms with Gasteiger partial charge in [-0.3, -0.25) is 0 Å². The molecule has 0 aliphatic carbocycles. The van der Waals surface area contributed by atoms with Crippen molar-refractivity contribution >= 4 is 26.0 Å². The largest absolute Gasteiger partial charge is 0.473 e. The van der Waals surface area contributed by atoms with Gasteiger partial charge in [-0.1, -0.05) is 15.9 Å². The first-order valence-electron chi connectivity index (χ1n) is 7.68. The van der Waals surface area contributed by atoms with E-state index in [9.17, 15) is 8.42 Å². The lowest BCUT2D eigenvalue weighted by molar-refractivity contribution is 0.128. The predicted molar refractivity (Wildman–Crippen MR) is 93.3 cm³/mol. The van der Waals surface area contributed by atoms with Crippen LogP contribution in [0.25, 0.3) is 0 Å². The van der Waals surface area contributed by atoms with Crippen molar-refractivity contribution in [2.45, 2.75) is 30.8 Å². The van der Waals surface area contributed by atoms with Gasteiger partial charge >= 0.3 is 0 Å². The summed E-state index contributed by atoms with van der Waals surface area (Å²) in [5.74, 6) is 0.481. The van der Waals surface area contributed by atoms with Crippen molar-refractivity contribution in [2.24, 2.45) is 0 Å². The van der Waals surface area contributed by atoms with E-state index >= 15 is 0 Å².